The Morgan fingerprint density at radius 1 is 0.881 bits per heavy atom. The van der Waals surface area contributed by atoms with Crippen molar-refractivity contribution >= 4 is 24.6 Å². The van der Waals surface area contributed by atoms with Gasteiger partial charge in [-0.25, -0.2) is 15.0 Å². The predicted octanol–water partition coefficient (Wildman–Crippen LogP) is 6.40. The molecule has 0 fully saturated rings. The van der Waals surface area contributed by atoms with Gasteiger partial charge in [-0.1, -0.05) is 103 Å². The minimum atomic E-state index is -4.30. The first-order valence-electron chi connectivity index (χ1n) is 16.0. The van der Waals surface area contributed by atoms with Crippen molar-refractivity contribution in [3.8, 4) is 0 Å². The van der Waals surface area contributed by atoms with Crippen LogP contribution in [0.5, 0.6) is 0 Å². The normalized spacial score (nSPS) is 12.9. The summed E-state index contributed by atoms with van der Waals surface area (Å²) in [6, 6.07) is 0. The zero-order valence-electron chi connectivity index (χ0n) is 26.1. The zero-order valence-corrected chi connectivity index (χ0v) is 26.9. The first-order chi connectivity index (χ1) is 20.3. The molecule has 1 atom stereocenters. The van der Waals surface area contributed by atoms with E-state index in [-0.39, 0.29) is 19.0 Å². The quantitative estimate of drug-likeness (QED) is 0.0762. The second-order valence-corrected chi connectivity index (χ2v) is 12.9. The fraction of sp³-hybridized carbons (Fsp3) is 0.833. The van der Waals surface area contributed by atoms with Crippen LogP contribution in [0.25, 0.3) is 11.2 Å². The number of fused-ring (bicyclic) bond motifs is 1. The fourth-order valence-corrected chi connectivity index (χ4v) is 5.44. The Bertz CT molecular complexity index is 1020. The van der Waals surface area contributed by atoms with Gasteiger partial charge in [-0.05, 0) is 6.42 Å². The highest BCUT2D eigenvalue weighted by molar-refractivity contribution is 7.51. The van der Waals surface area contributed by atoms with Gasteiger partial charge in [0.05, 0.1) is 32.2 Å². The molecule has 1 unspecified atom stereocenters. The van der Waals surface area contributed by atoms with Gasteiger partial charge in [0.15, 0.2) is 11.5 Å². The van der Waals surface area contributed by atoms with Crippen molar-refractivity contribution in [3.63, 3.8) is 0 Å². The Morgan fingerprint density at radius 2 is 1.45 bits per heavy atom. The summed E-state index contributed by atoms with van der Waals surface area (Å²) in [4.78, 5) is 31.6. The Hall–Kier alpha value is -1.62. The van der Waals surface area contributed by atoms with Crippen LogP contribution in [0.1, 0.15) is 115 Å². The number of hydrogen-bond donors (Lipinski definition) is 3. The van der Waals surface area contributed by atoms with Crippen molar-refractivity contribution in [2.45, 2.75) is 129 Å². The molecule has 2 rings (SSSR count). The van der Waals surface area contributed by atoms with Crippen LogP contribution in [0.15, 0.2) is 6.33 Å². The summed E-state index contributed by atoms with van der Waals surface area (Å²) in [6.07, 6.45) is 22.4. The Labute approximate surface area is 252 Å². The molecule has 242 valence electrons. The van der Waals surface area contributed by atoms with Crippen LogP contribution >= 0.6 is 7.60 Å². The second-order valence-electron chi connectivity index (χ2n) is 11.3. The van der Waals surface area contributed by atoms with E-state index in [4.69, 9.17) is 29.7 Å². The molecule has 0 aromatic carbocycles. The molecule has 4 N–H and O–H groups in total. The number of aromatic nitrogens is 4. The summed E-state index contributed by atoms with van der Waals surface area (Å²) >= 11 is 0. The molecule has 2 aromatic heterocycles. The van der Waals surface area contributed by atoms with Crippen LogP contribution in [0.4, 0.5) is 5.82 Å². The van der Waals surface area contributed by atoms with E-state index in [1.807, 2.05) is 0 Å². The first-order valence-corrected chi connectivity index (χ1v) is 17.8. The maximum atomic E-state index is 11.2. The lowest BCUT2D eigenvalue weighted by Crippen LogP contribution is -2.25. The molecule has 0 saturated heterocycles. The van der Waals surface area contributed by atoms with Gasteiger partial charge in [-0.2, -0.15) is 0 Å². The molecule has 12 heteroatoms. The molecular weight excluding hydrogens is 557 g/mol. The summed E-state index contributed by atoms with van der Waals surface area (Å²) in [7, 11) is -2.80. The van der Waals surface area contributed by atoms with Crippen molar-refractivity contribution in [2.75, 3.05) is 39.0 Å². The fourth-order valence-electron chi connectivity index (χ4n) is 5.04. The van der Waals surface area contributed by atoms with Crippen LogP contribution in [-0.2, 0) is 31.7 Å². The van der Waals surface area contributed by atoms with E-state index in [0.29, 0.717) is 30.0 Å². The minimum absolute atomic E-state index is 0.153. The average Bonchev–Trinajstić information content (AvgIpc) is 3.35. The average molecular weight is 614 g/mol. The van der Waals surface area contributed by atoms with Gasteiger partial charge in [0.25, 0.3) is 0 Å². The number of unbranched alkanes of at least 4 members (excludes halogenated alkanes) is 15. The van der Waals surface area contributed by atoms with Crippen molar-refractivity contribution in [1.82, 2.24) is 19.5 Å². The highest BCUT2D eigenvalue weighted by Crippen LogP contribution is 2.34. The number of hydrogen-bond acceptors (Lipinski definition) is 8. The van der Waals surface area contributed by atoms with Crippen LogP contribution < -0.4 is 5.73 Å². The number of anilines is 1. The van der Waals surface area contributed by atoms with Gasteiger partial charge in [0.1, 0.15) is 17.7 Å². The number of ether oxygens (including phenoxy) is 3. The lowest BCUT2D eigenvalue weighted by Gasteiger charge is -2.18. The molecule has 0 radical (unpaired) electrons. The highest BCUT2D eigenvalue weighted by Gasteiger charge is 2.20. The third kappa shape index (κ3) is 16.3. The Balaban J connectivity index is 1.56. The van der Waals surface area contributed by atoms with Gasteiger partial charge in [0, 0.05) is 20.1 Å². The summed E-state index contributed by atoms with van der Waals surface area (Å²) in [5.74, 6) is 0.846. The SMILES string of the molecule is CCCCCCCCCCCCCCCCCCOCCc1nc(N)c2ncn(CC(COC)OCP(=O)(O)O)c2n1. The molecule has 2 heterocycles. The van der Waals surface area contributed by atoms with Crippen molar-refractivity contribution < 1.29 is 28.6 Å². The number of nitrogens with two attached hydrogens (primary N) is 1. The number of rotatable bonds is 27. The van der Waals surface area contributed by atoms with E-state index in [1.165, 1.54) is 103 Å². The second kappa shape index (κ2) is 22.0. The van der Waals surface area contributed by atoms with Crippen LogP contribution in [0, 0.1) is 0 Å². The maximum absolute atomic E-state index is 11.2. The van der Waals surface area contributed by atoms with E-state index in [9.17, 15) is 4.57 Å². The third-order valence-corrected chi connectivity index (χ3v) is 7.87. The van der Waals surface area contributed by atoms with E-state index >= 15 is 0 Å². The first kappa shape index (κ1) is 36.6. The Morgan fingerprint density at radius 3 is 2.00 bits per heavy atom. The molecule has 0 aliphatic carbocycles. The molecule has 0 aliphatic heterocycles. The molecule has 0 bridgehead atoms. The predicted molar refractivity (Wildman–Crippen MR) is 167 cm³/mol. The molecule has 42 heavy (non-hydrogen) atoms. The molecular formula is C30H56N5O6P. The van der Waals surface area contributed by atoms with Gasteiger partial charge in [0.2, 0.25) is 0 Å². The van der Waals surface area contributed by atoms with Gasteiger partial charge in [-0.15, -0.1) is 0 Å². The zero-order chi connectivity index (χ0) is 30.5. The monoisotopic (exact) mass is 613 g/mol. The van der Waals surface area contributed by atoms with Crippen LogP contribution in [0.2, 0.25) is 0 Å². The topological polar surface area (TPSA) is 155 Å². The van der Waals surface area contributed by atoms with Crippen LogP contribution in [0.3, 0.4) is 0 Å². The molecule has 2 aromatic rings. The van der Waals surface area contributed by atoms with Crippen molar-refractivity contribution in [2.24, 2.45) is 0 Å². The number of imidazole rings is 1. The number of methoxy groups -OCH3 is 1. The number of nitrogen functional groups attached to an aromatic ring is 1. The third-order valence-electron chi connectivity index (χ3n) is 7.38. The van der Waals surface area contributed by atoms with Gasteiger partial charge < -0.3 is 34.3 Å². The van der Waals surface area contributed by atoms with Crippen molar-refractivity contribution in [3.05, 3.63) is 12.2 Å². The van der Waals surface area contributed by atoms with Gasteiger partial charge >= 0.3 is 7.60 Å². The van der Waals surface area contributed by atoms with E-state index in [1.54, 1.807) is 10.9 Å². The largest absolute Gasteiger partial charge is 0.382 e. The summed E-state index contributed by atoms with van der Waals surface area (Å²) < 4.78 is 29.3. The highest BCUT2D eigenvalue weighted by atomic mass is 31.2. The summed E-state index contributed by atoms with van der Waals surface area (Å²) in [5.41, 5.74) is 7.13. The molecule has 0 amide bonds. The minimum Gasteiger partial charge on any atom is -0.382 e. The number of nitrogens with zero attached hydrogens (tertiary/aromatic N) is 4. The molecule has 11 nitrogen and oxygen atoms in total. The van der Waals surface area contributed by atoms with Crippen molar-refractivity contribution in [1.29, 1.82) is 0 Å². The lowest BCUT2D eigenvalue weighted by molar-refractivity contribution is 0.00415. The van der Waals surface area contributed by atoms with E-state index in [2.05, 4.69) is 21.9 Å². The lowest BCUT2D eigenvalue weighted by atomic mass is 10.0. The summed E-state index contributed by atoms with van der Waals surface area (Å²) in [5, 5.41) is 0. The molecule has 0 saturated carbocycles. The Kier molecular flexibility index (Phi) is 19.1. The van der Waals surface area contributed by atoms with E-state index < -0.39 is 20.0 Å². The summed E-state index contributed by atoms with van der Waals surface area (Å²) in [6.45, 7) is 3.91. The standard InChI is InChI=1S/C30H56N5O6P/c1-3-4-5-6-7-8-9-10-11-12-13-14-15-16-17-18-20-40-21-19-27-33-29(31)28-30(34-27)35(24-32-28)22-26(23-39-2)41-25-42(36,37)38/h24,26H,3-23,25H2,1-2H3,(H2,31,33,34)(H2,36,37,38). The van der Waals surface area contributed by atoms with Crippen LogP contribution in [-0.4, -0.2) is 68.7 Å². The molecule has 0 spiro atoms. The smallest absolute Gasteiger partial charge is 0.350 e. The molecule has 0 aliphatic rings. The van der Waals surface area contributed by atoms with E-state index in [0.717, 1.165) is 13.0 Å². The van der Waals surface area contributed by atoms with Gasteiger partial charge in [-0.3, -0.25) is 4.57 Å². The maximum Gasteiger partial charge on any atom is 0.350 e.